The molecule has 1 saturated heterocycles. The van der Waals surface area contributed by atoms with Gasteiger partial charge >= 0.3 is 23.9 Å². The van der Waals surface area contributed by atoms with Gasteiger partial charge in [0.2, 0.25) is 0 Å². The molecule has 3 N–H and O–H groups in total. The summed E-state index contributed by atoms with van der Waals surface area (Å²) in [5, 5.41) is 31.6. The van der Waals surface area contributed by atoms with Crippen molar-refractivity contribution in [1.82, 2.24) is 0 Å². The van der Waals surface area contributed by atoms with Gasteiger partial charge in [0.15, 0.2) is 24.6 Å². The number of aliphatic hydroxyl groups is 2. The number of rotatable bonds is 58. The molecular weight excluding hydrogens is 1040 g/mol. The lowest BCUT2D eigenvalue weighted by atomic mass is 9.98. The molecule has 6 unspecified atom stereocenters. The quantitative estimate of drug-likeness (QED) is 0.0228. The summed E-state index contributed by atoms with van der Waals surface area (Å²) in [5.74, 6) is -3.13. The molecule has 1 rings (SSSR count). The van der Waals surface area contributed by atoms with Crippen molar-refractivity contribution in [2.45, 2.75) is 340 Å². The van der Waals surface area contributed by atoms with Gasteiger partial charge in [-0.25, -0.2) is 4.79 Å². The summed E-state index contributed by atoms with van der Waals surface area (Å²) in [4.78, 5) is 51.4. The third-order valence-corrected chi connectivity index (χ3v) is 15.2. The first-order chi connectivity index (χ1) is 40.6. The molecular formula is C71H122O12. The summed E-state index contributed by atoms with van der Waals surface area (Å²) in [6.45, 7) is 5.95. The van der Waals surface area contributed by atoms with E-state index in [9.17, 15) is 34.5 Å². The number of unbranched alkanes of at least 4 members (excludes halogenated alkanes) is 32. The van der Waals surface area contributed by atoms with Gasteiger partial charge in [-0.2, -0.15) is 0 Å². The van der Waals surface area contributed by atoms with E-state index in [1.807, 2.05) is 0 Å². The van der Waals surface area contributed by atoms with Crippen molar-refractivity contribution in [2.24, 2.45) is 0 Å². The van der Waals surface area contributed by atoms with E-state index in [0.29, 0.717) is 19.3 Å². The molecule has 478 valence electrons. The molecule has 0 radical (unpaired) electrons. The van der Waals surface area contributed by atoms with Crippen LogP contribution in [0.3, 0.4) is 0 Å². The van der Waals surface area contributed by atoms with Crippen LogP contribution in [-0.2, 0) is 42.9 Å². The SMILES string of the molecule is CCCCC/C=C\C/C=C\CCCCCCCCCCCC(=O)OCC(COC1OC(C(=O)O)C(O)C(O)C1OC(=O)CCCCCCCCC/C=C\C/C=C\CCCCC)OC(=O)CCCCCCCCC/C=C\C/C=C\CCCCC. The van der Waals surface area contributed by atoms with Gasteiger partial charge in [-0.15, -0.1) is 0 Å². The second-order valence-electron chi connectivity index (χ2n) is 23.1. The first-order valence-electron chi connectivity index (χ1n) is 33.9. The van der Waals surface area contributed by atoms with Crippen LogP contribution in [0.2, 0.25) is 0 Å². The number of aliphatic hydroxyl groups excluding tert-OH is 2. The van der Waals surface area contributed by atoms with Gasteiger partial charge in [0.05, 0.1) is 6.61 Å². The van der Waals surface area contributed by atoms with E-state index >= 15 is 0 Å². The van der Waals surface area contributed by atoms with Crippen LogP contribution in [-0.4, -0.2) is 89.2 Å². The van der Waals surface area contributed by atoms with Crippen LogP contribution in [0.1, 0.15) is 303 Å². The fourth-order valence-corrected chi connectivity index (χ4v) is 9.99. The van der Waals surface area contributed by atoms with Crippen molar-refractivity contribution in [2.75, 3.05) is 13.2 Å². The van der Waals surface area contributed by atoms with Crippen molar-refractivity contribution in [1.29, 1.82) is 0 Å². The Hall–Kier alpha value is -3.84. The minimum Gasteiger partial charge on any atom is -0.479 e. The number of carboxylic acid groups (broad SMARTS) is 1. The molecule has 1 aliphatic heterocycles. The number of hydrogen-bond acceptors (Lipinski definition) is 11. The molecule has 0 amide bonds. The third kappa shape index (κ3) is 48.0. The number of ether oxygens (including phenoxy) is 5. The number of aliphatic carboxylic acids is 1. The third-order valence-electron chi connectivity index (χ3n) is 15.2. The number of allylic oxidation sites excluding steroid dienone is 12. The van der Waals surface area contributed by atoms with Gasteiger partial charge in [-0.05, 0) is 116 Å². The summed E-state index contributed by atoms with van der Waals surface area (Å²) >= 11 is 0. The van der Waals surface area contributed by atoms with Crippen molar-refractivity contribution < 1.29 is 58.2 Å². The molecule has 12 nitrogen and oxygen atoms in total. The Balaban J connectivity index is 2.65. The molecule has 0 saturated carbocycles. The summed E-state index contributed by atoms with van der Waals surface area (Å²) in [7, 11) is 0. The van der Waals surface area contributed by atoms with E-state index in [4.69, 9.17) is 23.7 Å². The zero-order chi connectivity index (χ0) is 60.3. The molecule has 0 aromatic heterocycles. The standard InChI is InChI=1S/C71H122O12/c1-4-7-10-13-16-19-22-25-28-31-32-35-36-39-42-45-48-51-54-57-63(72)79-60-62(81-64(73)58-55-52-49-46-43-40-37-33-29-26-23-20-17-14-11-8-5-2)61-80-71-69(67(76)66(75)68(83-71)70(77)78)82-65(74)59-56-53-50-47-44-41-38-34-30-27-24-21-18-15-12-9-6-3/h16-21,25-30,62,66-69,71,75-76H,4-15,22-24,31-61H2,1-3H3,(H,77,78)/b19-16-,20-17-,21-18-,28-25-,29-26-,30-27-. The molecule has 1 heterocycles. The van der Waals surface area contributed by atoms with E-state index in [-0.39, 0.29) is 25.9 Å². The van der Waals surface area contributed by atoms with Gasteiger partial charge in [0, 0.05) is 19.3 Å². The van der Waals surface area contributed by atoms with Gasteiger partial charge in [0.1, 0.15) is 18.8 Å². The van der Waals surface area contributed by atoms with Crippen LogP contribution < -0.4 is 0 Å². The molecule has 1 fully saturated rings. The molecule has 83 heavy (non-hydrogen) atoms. The Kier molecular flexibility index (Phi) is 54.4. The summed E-state index contributed by atoms with van der Waals surface area (Å²) in [5.41, 5.74) is 0. The average Bonchev–Trinajstić information content (AvgIpc) is 3.59. The van der Waals surface area contributed by atoms with Gasteiger partial charge in [-0.3, -0.25) is 14.4 Å². The highest BCUT2D eigenvalue weighted by atomic mass is 16.7. The average molecular weight is 1170 g/mol. The molecule has 6 atom stereocenters. The van der Waals surface area contributed by atoms with Crippen molar-refractivity contribution in [3.8, 4) is 0 Å². The number of esters is 3. The van der Waals surface area contributed by atoms with E-state index in [2.05, 4.69) is 93.7 Å². The Labute approximate surface area is 506 Å². The lowest BCUT2D eigenvalue weighted by Crippen LogP contribution is -2.61. The molecule has 0 aromatic rings. The van der Waals surface area contributed by atoms with E-state index in [1.165, 1.54) is 109 Å². The highest BCUT2D eigenvalue weighted by Gasteiger charge is 2.50. The van der Waals surface area contributed by atoms with Crippen LogP contribution >= 0.6 is 0 Å². The van der Waals surface area contributed by atoms with E-state index in [0.717, 1.165) is 135 Å². The Morgan fingerprint density at radius 3 is 1.08 bits per heavy atom. The molecule has 0 aliphatic carbocycles. The second-order valence-corrected chi connectivity index (χ2v) is 23.1. The number of hydrogen-bond donors (Lipinski definition) is 3. The highest BCUT2D eigenvalue weighted by molar-refractivity contribution is 5.74. The van der Waals surface area contributed by atoms with Crippen molar-refractivity contribution in [3.05, 3.63) is 72.9 Å². The highest BCUT2D eigenvalue weighted by Crippen LogP contribution is 2.27. The summed E-state index contributed by atoms with van der Waals surface area (Å²) < 4.78 is 28.6. The maximum atomic E-state index is 13.2. The van der Waals surface area contributed by atoms with Gasteiger partial charge < -0.3 is 39.0 Å². The lowest BCUT2D eigenvalue weighted by molar-refractivity contribution is -0.301. The number of carboxylic acids is 1. The second kappa shape index (κ2) is 58.5. The fourth-order valence-electron chi connectivity index (χ4n) is 9.99. The maximum absolute atomic E-state index is 13.2. The van der Waals surface area contributed by atoms with Gasteiger partial charge in [-0.1, -0.05) is 241 Å². The zero-order valence-electron chi connectivity index (χ0n) is 52.9. The first kappa shape index (κ1) is 77.2. The molecule has 1 aliphatic rings. The Bertz CT molecular complexity index is 1720. The lowest BCUT2D eigenvalue weighted by Gasteiger charge is -2.40. The van der Waals surface area contributed by atoms with Crippen LogP contribution in [0.5, 0.6) is 0 Å². The largest absolute Gasteiger partial charge is 0.479 e. The van der Waals surface area contributed by atoms with Crippen LogP contribution in [0.25, 0.3) is 0 Å². The molecule has 0 aromatic carbocycles. The molecule has 0 bridgehead atoms. The minimum absolute atomic E-state index is 0.0494. The topological polar surface area (TPSA) is 175 Å². The Morgan fingerprint density at radius 2 is 0.723 bits per heavy atom. The van der Waals surface area contributed by atoms with Gasteiger partial charge in [0.25, 0.3) is 0 Å². The predicted molar refractivity (Wildman–Crippen MR) is 340 cm³/mol. The van der Waals surface area contributed by atoms with Crippen LogP contribution in [0.15, 0.2) is 72.9 Å². The van der Waals surface area contributed by atoms with E-state index < -0.39 is 67.3 Å². The predicted octanol–water partition coefficient (Wildman–Crippen LogP) is 18.5. The Morgan fingerprint density at radius 1 is 0.398 bits per heavy atom. The number of carbonyl (C=O) groups excluding carboxylic acids is 3. The monoisotopic (exact) mass is 1170 g/mol. The first-order valence-corrected chi connectivity index (χ1v) is 33.9. The normalized spacial score (nSPS) is 18.0. The fraction of sp³-hybridized carbons (Fsp3) is 0.775. The molecule has 12 heteroatoms. The summed E-state index contributed by atoms with van der Waals surface area (Å²) in [6.07, 6.45) is 62.7. The van der Waals surface area contributed by atoms with Crippen LogP contribution in [0.4, 0.5) is 0 Å². The van der Waals surface area contributed by atoms with Crippen LogP contribution in [0, 0.1) is 0 Å². The summed E-state index contributed by atoms with van der Waals surface area (Å²) in [6, 6.07) is 0. The van der Waals surface area contributed by atoms with Crippen molar-refractivity contribution >= 4 is 23.9 Å². The maximum Gasteiger partial charge on any atom is 0.335 e. The van der Waals surface area contributed by atoms with Crippen molar-refractivity contribution in [3.63, 3.8) is 0 Å². The minimum atomic E-state index is -1.91. The zero-order valence-corrected chi connectivity index (χ0v) is 52.9. The van der Waals surface area contributed by atoms with E-state index in [1.54, 1.807) is 0 Å². The number of carbonyl (C=O) groups is 4. The molecule has 0 spiro atoms. The smallest absolute Gasteiger partial charge is 0.335 e.